The van der Waals surface area contributed by atoms with Crippen molar-refractivity contribution < 1.29 is 4.79 Å². The van der Waals surface area contributed by atoms with Crippen LogP contribution in [0.25, 0.3) is 28.2 Å². The second kappa shape index (κ2) is 8.01. The highest BCUT2D eigenvalue weighted by atomic mass is 35.5. The lowest BCUT2D eigenvalue weighted by Crippen LogP contribution is -2.12. The number of aromatic nitrogens is 4. The molecule has 5 rings (SSSR count). The van der Waals surface area contributed by atoms with Gasteiger partial charge in [-0.2, -0.15) is 5.10 Å². The van der Waals surface area contributed by atoms with Gasteiger partial charge >= 0.3 is 0 Å². The van der Waals surface area contributed by atoms with E-state index in [2.05, 4.69) is 15.4 Å². The molecule has 0 saturated heterocycles. The molecule has 0 aliphatic heterocycles. The fourth-order valence-corrected chi connectivity index (χ4v) is 3.60. The first-order valence-corrected chi connectivity index (χ1v) is 9.99. The van der Waals surface area contributed by atoms with Crippen molar-refractivity contribution in [3.8, 4) is 22.5 Å². The highest BCUT2D eigenvalue weighted by Crippen LogP contribution is 2.33. The first-order chi connectivity index (χ1) is 15.2. The number of anilines is 1. The number of benzene rings is 2. The molecule has 31 heavy (non-hydrogen) atoms. The number of hydrogen-bond donors (Lipinski definition) is 1. The molecule has 0 bridgehead atoms. The van der Waals surface area contributed by atoms with Crippen LogP contribution >= 0.6 is 11.6 Å². The van der Waals surface area contributed by atoms with Crippen molar-refractivity contribution in [2.75, 3.05) is 5.32 Å². The normalized spacial score (nSPS) is 10.9. The van der Waals surface area contributed by atoms with E-state index in [0.717, 1.165) is 22.5 Å². The number of amides is 1. The van der Waals surface area contributed by atoms with Crippen LogP contribution in [0.4, 0.5) is 5.82 Å². The van der Waals surface area contributed by atoms with Crippen molar-refractivity contribution in [3.63, 3.8) is 0 Å². The maximum atomic E-state index is 12.6. The Labute approximate surface area is 183 Å². The van der Waals surface area contributed by atoms with Crippen LogP contribution in [0.15, 0.2) is 91.3 Å². The number of carbonyl (C=O) groups is 1. The lowest BCUT2D eigenvalue weighted by atomic mass is 10.1. The lowest BCUT2D eigenvalue weighted by molar-refractivity contribution is 0.102. The van der Waals surface area contributed by atoms with Crippen molar-refractivity contribution >= 4 is 29.0 Å². The minimum atomic E-state index is -0.225. The van der Waals surface area contributed by atoms with Gasteiger partial charge in [0.25, 0.3) is 5.91 Å². The first-order valence-electron chi connectivity index (χ1n) is 9.61. The third-order valence-electron chi connectivity index (χ3n) is 4.80. The molecule has 3 heterocycles. The fraction of sp³-hybridized carbons (Fsp3) is 0. The summed E-state index contributed by atoms with van der Waals surface area (Å²) in [6.45, 7) is 0. The predicted molar refractivity (Wildman–Crippen MR) is 121 cm³/mol. The molecule has 0 aliphatic carbocycles. The van der Waals surface area contributed by atoms with Crippen LogP contribution in [-0.4, -0.2) is 25.5 Å². The van der Waals surface area contributed by atoms with Gasteiger partial charge in [-0.05, 0) is 48.5 Å². The number of nitrogens with zero attached hydrogens (tertiary/aromatic N) is 4. The Morgan fingerprint density at radius 2 is 1.74 bits per heavy atom. The average molecular weight is 426 g/mol. The second-order valence-corrected chi connectivity index (χ2v) is 7.30. The van der Waals surface area contributed by atoms with Gasteiger partial charge in [0.1, 0.15) is 11.5 Å². The summed E-state index contributed by atoms with van der Waals surface area (Å²) in [6, 6.07) is 24.0. The summed E-state index contributed by atoms with van der Waals surface area (Å²) in [6.07, 6.45) is 3.36. The fourth-order valence-electron chi connectivity index (χ4n) is 3.41. The molecule has 2 aromatic carbocycles. The van der Waals surface area contributed by atoms with E-state index in [1.165, 1.54) is 0 Å². The van der Waals surface area contributed by atoms with E-state index >= 15 is 0 Å². The number of halogens is 1. The number of hydrogen-bond acceptors (Lipinski definition) is 4. The van der Waals surface area contributed by atoms with Gasteiger partial charge in [-0.15, -0.1) is 0 Å². The molecule has 7 heteroatoms. The van der Waals surface area contributed by atoms with Gasteiger partial charge in [0.15, 0.2) is 5.65 Å². The molecule has 0 radical (unpaired) electrons. The number of nitrogens with one attached hydrogen (secondary N) is 1. The van der Waals surface area contributed by atoms with Crippen LogP contribution in [0.1, 0.15) is 10.4 Å². The van der Waals surface area contributed by atoms with E-state index in [1.807, 2.05) is 66.7 Å². The Hall–Kier alpha value is -4.03. The quantitative estimate of drug-likeness (QED) is 0.420. The van der Waals surface area contributed by atoms with Gasteiger partial charge < -0.3 is 5.32 Å². The van der Waals surface area contributed by atoms with E-state index in [0.29, 0.717) is 22.1 Å². The predicted octanol–water partition coefficient (Wildman–Crippen LogP) is 5.36. The van der Waals surface area contributed by atoms with E-state index in [1.54, 1.807) is 29.0 Å². The highest BCUT2D eigenvalue weighted by Gasteiger charge is 2.18. The molecular formula is C24H16ClN5O. The number of carbonyl (C=O) groups excluding carboxylic acids is 1. The van der Waals surface area contributed by atoms with Crippen molar-refractivity contribution in [2.45, 2.75) is 0 Å². The van der Waals surface area contributed by atoms with Crippen LogP contribution in [0, 0.1) is 0 Å². The van der Waals surface area contributed by atoms with Crippen LogP contribution in [0.2, 0.25) is 5.02 Å². The summed E-state index contributed by atoms with van der Waals surface area (Å²) < 4.78 is 1.77. The largest absolute Gasteiger partial charge is 0.307 e. The molecular weight excluding hydrogens is 410 g/mol. The SMILES string of the molecule is O=C(Nc1cc(-c2c(-c3cccc(Cl)c3)nc3cccnn23)ccn1)c1ccccc1. The molecule has 3 aromatic heterocycles. The number of fused-ring (bicyclic) bond motifs is 1. The van der Waals surface area contributed by atoms with Crippen LogP contribution in [-0.2, 0) is 0 Å². The van der Waals surface area contributed by atoms with Gasteiger partial charge in [0.05, 0.1) is 5.69 Å². The molecule has 150 valence electrons. The highest BCUT2D eigenvalue weighted by molar-refractivity contribution is 6.30. The van der Waals surface area contributed by atoms with Crippen molar-refractivity contribution in [3.05, 3.63) is 102 Å². The van der Waals surface area contributed by atoms with Crippen LogP contribution < -0.4 is 5.32 Å². The van der Waals surface area contributed by atoms with Gasteiger partial charge in [-0.3, -0.25) is 4.79 Å². The Kier molecular flexibility index (Phi) is 4.90. The Balaban J connectivity index is 1.60. The van der Waals surface area contributed by atoms with E-state index < -0.39 is 0 Å². The number of rotatable bonds is 4. The van der Waals surface area contributed by atoms with E-state index in [-0.39, 0.29) is 5.91 Å². The average Bonchev–Trinajstić information content (AvgIpc) is 3.19. The summed E-state index contributed by atoms with van der Waals surface area (Å²) in [5, 5.41) is 7.96. The molecule has 6 nitrogen and oxygen atoms in total. The Bertz CT molecular complexity index is 1400. The third kappa shape index (κ3) is 3.76. The minimum Gasteiger partial charge on any atom is -0.307 e. The van der Waals surface area contributed by atoms with Crippen molar-refractivity contribution in [2.24, 2.45) is 0 Å². The zero-order chi connectivity index (χ0) is 21.2. The van der Waals surface area contributed by atoms with E-state index in [4.69, 9.17) is 16.6 Å². The molecule has 5 aromatic rings. The summed E-state index contributed by atoms with van der Waals surface area (Å²) in [7, 11) is 0. The molecule has 0 saturated carbocycles. The molecule has 0 aliphatic rings. The molecule has 0 atom stereocenters. The second-order valence-electron chi connectivity index (χ2n) is 6.86. The zero-order valence-corrected chi connectivity index (χ0v) is 17.0. The topological polar surface area (TPSA) is 72.2 Å². The standard InChI is InChI=1S/C24H16ClN5O/c25-19-9-4-8-17(14-19)22-23(30-21(29-22)10-5-12-27-30)18-11-13-26-20(15-18)28-24(31)16-6-2-1-3-7-16/h1-15H,(H,26,28,31). The maximum Gasteiger partial charge on any atom is 0.256 e. The summed E-state index contributed by atoms with van der Waals surface area (Å²) >= 11 is 6.22. The zero-order valence-electron chi connectivity index (χ0n) is 16.2. The summed E-state index contributed by atoms with van der Waals surface area (Å²) in [5.74, 6) is 0.214. The molecule has 1 amide bonds. The summed E-state index contributed by atoms with van der Waals surface area (Å²) in [5.41, 5.74) is 4.49. The third-order valence-corrected chi connectivity index (χ3v) is 5.04. The molecule has 0 spiro atoms. The van der Waals surface area contributed by atoms with Crippen molar-refractivity contribution in [1.82, 2.24) is 19.6 Å². The first kappa shape index (κ1) is 19.0. The number of imidazole rings is 1. The smallest absolute Gasteiger partial charge is 0.256 e. The minimum absolute atomic E-state index is 0.225. The Morgan fingerprint density at radius 3 is 2.58 bits per heavy atom. The lowest BCUT2D eigenvalue weighted by Gasteiger charge is -2.08. The van der Waals surface area contributed by atoms with Crippen LogP contribution in [0.3, 0.4) is 0 Å². The van der Waals surface area contributed by atoms with Crippen molar-refractivity contribution in [1.29, 1.82) is 0 Å². The summed E-state index contributed by atoms with van der Waals surface area (Å²) in [4.78, 5) is 21.6. The maximum absolute atomic E-state index is 12.6. The van der Waals surface area contributed by atoms with Gasteiger partial charge in [0, 0.05) is 34.1 Å². The molecule has 0 fully saturated rings. The monoisotopic (exact) mass is 425 g/mol. The van der Waals surface area contributed by atoms with Gasteiger partial charge in [0.2, 0.25) is 0 Å². The Morgan fingerprint density at radius 1 is 0.871 bits per heavy atom. The van der Waals surface area contributed by atoms with Crippen LogP contribution in [0.5, 0.6) is 0 Å². The molecule has 1 N–H and O–H groups in total. The van der Waals surface area contributed by atoms with Gasteiger partial charge in [-0.1, -0.05) is 41.9 Å². The number of pyridine rings is 1. The van der Waals surface area contributed by atoms with Gasteiger partial charge in [-0.25, -0.2) is 14.5 Å². The van der Waals surface area contributed by atoms with E-state index in [9.17, 15) is 4.79 Å². The molecule has 0 unspecified atom stereocenters.